The highest BCUT2D eigenvalue weighted by Gasteiger charge is 2.14. The zero-order chi connectivity index (χ0) is 13.7. The van der Waals surface area contributed by atoms with Crippen LogP contribution in [0.3, 0.4) is 0 Å². The lowest BCUT2D eigenvalue weighted by atomic mass is 10.1. The molecule has 2 nitrogen and oxygen atoms in total. The first-order valence-electron chi connectivity index (χ1n) is 6.51. The molecule has 1 N–H and O–H groups in total. The van der Waals surface area contributed by atoms with Crippen molar-refractivity contribution in [2.24, 2.45) is 5.92 Å². The normalized spacial score (nSPS) is 14.8. The van der Waals surface area contributed by atoms with Gasteiger partial charge in [-0.3, -0.25) is 4.21 Å². The molecule has 102 valence electrons. The van der Waals surface area contributed by atoms with Crippen LogP contribution < -0.4 is 5.32 Å². The van der Waals surface area contributed by atoms with Crippen LogP contribution in [-0.4, -0.2) is 23.1 Å². The summed E-state index contributed by atoms with van der Waals surface area (Å²) in [6.07, 6.45) is 0. The van der Waals surface area contributed by atoms with Crippen molar-refractivity contribution in [3.8, 4) is 0 Å². The Labute approximate surface area is 114 Å². The van der Waals surface area contributed by atoms with Crippen LogP contribution in [0.5, 0.6) is 0 Å². The molecule has 0 radical (unpaired) electrons. The van der Waals surface area contributed by atoms with Crippen LogP contribution in [-0.2, 0) is 16.6 Å². The second-order valence-corrected chi connectivity index (χ2v) is 6.89. The summed E-state index contributed by atoms with van der Waals surface area (Å²) in [5.41, 5.74) is 3.68. The van der Waals surface area contributed by atoms with Gasteiger partial charge in [-0.05, 0) is 32.4 Å². The van der Waals surface area contributed by atoms with E-state index in [0.717, 1.165) is 5.75 Å². The lowest BCUT2D eigenvalue weighted by Gasteiger charge is -2.19. The minimum absolute atomic E-state index is 0.330. The monoisotopic (exact) mass is 267 g/mol. The van der Waals surface area contributed by atoms with Crippen molar-refractivity contribution in [1.82, 2.24) is 5.32 Å². The fourth-order valence-corrected chi connectivity index (χ4v) is 3.81. The molecule has 0 fully saturated rings. The quantitative estimate of drug-likeness (QED) is 0.858. The Bertz CT molecular complexity index is 395. The summed E-state index contributed by atoms with van der Waals surface area (Å²) >= 11 is 0. The minimum atomic E-state index is -0.801. The van der Waals surface area contributed by atoms with Crippen molar-refractivity contribution in [3.63, 3.8) is 0 Å². The molecular weight excluding hydrogens is 242 g/mol. The first-order chi connectivity index (χ1) is 8.42. The molecule has 1 aromatic carbocycles. The maximum absolute atomic E-state index is 12.2. The van der Waals surface area contributed by atoms with Gasteiger partial charge < -0.3 is 5.32 Å². The first-order valence-corrected chi connectivity index (χ1v) is 8.00. The summed E-state index contributed by atoms with van der Waals surface area (Å²) in [6.45, 7) is 8.50. The number of aryl methyl sites for hydroxylation is 2. The van der Waals surface area contributed by atoms with Gasteiger partial charge >= 0.3 is 0 Å². The topological polar surface area (TPSA) is 29.1 Å². The van der Waals surface area contributed by atoms with Gasteiger partial charge in [0.25, 0.3) is 0 Å². The fraction of sp³-hybridized carbons (Fsp3) is 0.600. The van der Waals surface area contributed by atoms with E-state index >= 15 is 0 Å². The predicted octanol–water partition coefficient (Wildman–Crippen LogP) is 2.80. The van der Waals surface area contributed by atoms with Gasteiger partial charge in [0, 0.05) is 28.3 Å². The third kappa shape index (κ3) is 4.91. The molecule has 0 heterocycles. The molecule has 0 aromatic heterocycles. The molecule has 0 aliphatic rings. The lowest BCUT2D eigenvalue weighted by molar-refractivity contribution is 0.461. The smallest absolute Gasteiger partial charge is 0.0486 e. The van der Waals surface area contributed by atoms with E-state index in [4.69, 9.17) is 0 Å². The standard InChI is InChI=1S/C15H25NOS/c1-11(2)15(16-5)10-18(17)9-14-7-12(3)6-13(4)8-14/h6-8,11,15-16H,9-10H2,1-5H3. The van der Waals surface area contributed by atoms with Gasteiger partial charge in [-0.25, -0.2) is 0 Å². The summed E-state index contributed by atoms with van der Waals surface area (Å²) in [4.78, 5) is 0. The van der Waals surface area contributed by atoms with Gasteiger partial charge in [-0.2, -0.15) is 0 Å². The highest BCUT2D eigenvalue weighted by molar-refractivity contribution is 7.84. The van der Waals surface area contributed by atoms with E-state index in [1.165, 1.54) is 16.7 Å². The van der Waals surface area contributed by atoms with E-state index in [0.29, 0.717) is 17.7 Å². The molecule has 2 unspecified atom stereocenters. The van der Waals surface area contributed by atoms with Crippen LogP contribution in [0, 0.1) is 19.8 Å². The Balaban J connectivity index is 2.64. The molecule has 0 aliphatic carbocycles. The highest BCUT2D eigenvalue weighted by Crippen LogP contribution is 2.12. The van der Waals surface area contributed by atoms with Gasteiger partial charge in [-0.1, -0.05) is 43.2 Å². The van der Waals surface area contributed by atoms with E-state index < -0.39 is 10.8 Å². The Hall–Kier alpha value is -0.670. The molecule has 1 aromatic rings. The van der Waals surface area contributed by atoms with Crippen LogP contribution >= 0.6 is 0 Å². The molecule has 0 aliphatic heterocycles. The molecule has 0 amide bonds. The van der Waals surface area contributed by atoms with Gasteiger partial charge in [-0.15, -0.1) is 0 Å². The maximum Gasteiger partial charge on any atom is 0.0486 e. The largest absolute Gasteiger partial charge is 0.316 e. The average Bonchev–Trinajstić information content (AvgIpc) is 2.23. The molecule has 3 heteroatoms. The van der Waals surface area contributed by atoms with Crippen LogP contribution in [0.2, 0.25) is 0 Å². The molecule has 0 saturated heterocycles. The van der Waals surface area contributed by atoms with Crippen molar-refractivity contribution in [2.45, 2.75) is 39.5 Å². The Kier molecular flexibility index (Phi) is 6.03. The Morgan fingerprint density at radius 2 is 1.72 bits per heavy atom. The zero-order valence-electron chi connectivity index (χ0n) is 12.1. The van der Waals surface area contributed by atoms with E-state index in [1.54, 1.807) is 0 Å². The summed E-state index contributed by atoms with van der Waals surface area (Å²) in [6, 6.07) is 6.75. The van der Waals surface area contributed by atoms with Crippen LogP contribution in [0.25, 0.3) is 0 Å². The number of hydrogen-bond acceptors (Lipinski definition) is 2. The lowest BCUT2D eigenvalue weighted by Crippen LogP contribution is -2.36. The zero-order valence-corrected chi connectivity index (χ0v) is 12.9. The number of hydrogen-bond donors (Lipinski definition) is 1. The summed E-state index contributed by atoms with van der Waals surface area (Å²) in [5.74, 6) is 1.90. The molecule has 18 heavy (non-hydrogen) atoms. The summed E-state index contributed by atoms with van der Waals surface area (Å²) in [7, 11) is 1.14. The van der Waals surface area contributed by atoms with E-state index in [-0.39, 0.29) is 0 Å². The van der Waals surface area contributed by atoms with Crippen molar-refractivity contribution >= 4 is 10.8 Å². The second kappa shape index (κ2) is 7.05. The van der Waals surface area contributed by atoms with Gasteiger partial charge in [0.1, 0.15) is 0 Å². The maximum atomic E-state index is 12.2. The fourth-order valence-electron chi connectivity index (χ4n) is 2.21. The molecule has 0 saturated carbocycles. The molecule has 2 atom stereocenters. The first kappa shape index (κ1) is 15.4. The number of nitrogens with one attached hydrogen (secondary N) is 1. The molecule has 1 rings (SSSR count). The molecule has 0 bridgehead atoms. The van der Waals surface area contributed by atoms with Crippen molar-refractivity contribution in [2.75, 3.05) is 12.8 Å². The number of rotatable bonds is 6. The average molecular weight is 267 g/mol. The number of benzene rings is 1. The van der Waals surface area contributed by atoms with Crippen LogP contribution in [0.4, 0.5) is 0 Å². The summed E-state index contributed by atoms with van der Waals surface area (Å²) < 4.78 is 12.2. The summed E-state index contributed by atoms with van der Waals surface area (Å²) in [5, 5.41) is 3.25. The van der Waals surface area contributed by atoms with Gasteiger partial charge in [0.05, 0.1) is 0 Å². The second-order valence-electron chi connectivity index (χ2n) is 5.39. The van der Waals surface area contributed by atoms with Crippen LogP contribution in [0.1, 0.15) is 30.5 Å². The van der Waals surface area contributed by atoms with Crippen molar-refractivity contribution in [1.29, 1.82) is 0 Å². The van der Waals surface area contributed by atoms with E-state index in [2.05, 4.69) is 51.2 Å². The van der Waals surface area contributed by atoms with Gasteiger partial charge in [0.2, 0.25) is 0 Å². The molecule has 0 spiro atoms. The SMILES string of the molecule is CNC(CS(=O)Cc1cc(C)cc(C)c1)C(C)C. The van der Waals surface area contributed by atoms with Crippen LogP contribution in [0.15, 0.2) is 18.2 Å². The van der Waals surface area contributed by atoms with Crippen molar-refractivity contribution in [3.05, 3.63) is 34.9 Å². The van der Waals surface area contributed by atoms with Crippen molar-refractivity contribution < 1.29 is 4.21 Å². The Morgan fingerprint density at radius 3 is 2.17 bits per heavy atom. The highest BCUT2D eigenvalue weighted by atomic mass is 32.2. The Morgan fingerprint density at radius 1 is 1.17 bits per heavy atom. The third-order valence-electron chi connectivity index (χ3n) is 3.15. The minimum Gasteiger partial charge on any atom is -0.316 e. The van der Waals surface area contributed by atoms with E-state index in [1.807, 2.05) is 7.05 Å². The predicted molar refractivity (Wildman–Crippen MR) is 80.3 cm³/mol. The van der Waals surface area contributed by atoms with Gasteiger partial charge in [0.15, 0.2) is 0 Å². The molecular formula is C15H25NOS. The van der Waals surface area contributed by atoms with E-state index in [9.17, 15) is 4.21 Å². The third-order valence-corrected chi connectivity index (χ3v) is 4.54.